The van der Waals surface area contributed by atoms with Crippen molar-refractivity contribution in [2.24, 2.45) is 4.99 Å². The van der Waals surface area contributed by atoms with E-state index in [-0.39, 0.29) is 12.5 Å². The monoisotopic (exact) mass is 446 g/mol. The number of aromatic nitrogens is 1. The summed E-state index contributed by atoms with van der Waals surface area (Å²) < 4.78 is 33.1. The predicted octanol–water partition coefficient (Wildman–Crippen LogP) is 4.50. The minimum absolute atomic E-state index is 0.259. The number of benzene rings is 2. The Bertz CT molecular complexity index is 1290. The molecule has 1 aliphatic heterocycles. The first-order valence-corrected chi connectivity index (χ1v) is 10.3. The third kappa shape index (κ3) is 4.44. The van der Waals surface area contributed by atoms with E-state index in [0.717, 1.165) is 17.2 Å². The quantitative estimate of drug-likeness (QED) is 0.559. The molecule has 0 bridgehead atoms. The van der Waals surface area contributed by atoms with Gasteiger partial charge in [0, 0.05) is 48.8 Å². The molecular formula is C25H20F2N4O2. The standard InChI is InChI=1S/C25H20F2N4O2/c1-3-33-24-8-15(4-5-20(24)16-6-18(26)9-19(27)7-16)25(32)31(2)14-17-11-30-23(10-28)22-13-29-12-21(17)22/h4-9,11,13H,3,12,14H2,1-2H3. The lowest BCUT2D eigenvalue weighted by Crippen LogP contribution is -2.27. The van der Waals surface area contributed by atoms with Crippen LogP contribution in [0.2, 0.25) is 0 Å². The van der Waals surface area contributed by atoms with E-state index in [9.17, 15) is 18.8 Å². The van der Waals surface area contributed by atoms with Gasteiger partial charge in [-0.15, -0.1) is 0 Å². The summed E-state index contributed by atoms with van der Waals surface area (Å²) in [6.45, 7) is 2.83. The van der Waals surface area contributed by atoms with E-state index in [1.807, 2.05) is 0 Å². The molecule has 0 fully saturated rings. The van der Waals surface area contributed by atoms with Gasteiger partial charge in [-0.1, -0.05) is 0 Å². The van der Waals surface area contributed by atoms with Crippen LogP contribution in [0, 0.1) is 23.0 Å². The molecule has 4 rings (SSSR count). The molecule has 8 heteroatoms. The highest BCUT2D eigenvalue weighted by molar-refractivity contribution is 5.95. The molecule has 0 atom stereocenters. The van der Waals surface area contributed by atoms with Crippen LogP contribution in [0.25, 0.3) is 11.1 Å². The van der Waals surface area contributed by atoms with Gasteiger partial charge in [-0.25, -0.2) is 13.8 Å². The van der Waals surface area contributed by atoms with Crippen LogP contribution in [0.3, 0.4) is 0 Å². The number of aliphatic imine (C=N–C) groups is 1. The molecule has 0 N–H and O–H groups in total. The molecular weight excluding hydrogens is 426 g/mol. The summed E-state index contributed by atoms with van der Waals surface area (Å²) in [5, 5.41) is 9.22. The summed E-state index contributed by atoms with van der Waals surface area (Å²) in [6.07, 6.45) is 3.23. The molecule has 2 aromatic carbocycles. The van der Waals surface area contributed by atoms with Crippen LogP contribution < -0.4 is 4.74 Å². The molecule has 1 aromatic heterocycles. The predicted molar refractivity (Wildman–Crippen MR) is 119 cm³/mol. The number of nitrogens with zero attached hydrogens (tertiary/aromatic N) is 4. The molecule has 0 unspecified atom stereocenters. The zero-order chi connectivity index (χ0) is 23.5. The van der Waals surface area contributed by atoms with Gasteiger partial charge in [0.15, 0.2) is 0 Å². The summed E-state index contributed by atoms with van der Waals surface area (Å²) in [7, 11) is 1.67. The van der Waals surface area contributed by atoms with E-state index < -0.39 is 11.6 Å². The zero-order valence-corrected chi connectivity index (χ0v) is 18.1. The summed E-state index contributed by atoms with van der Waals surface area (Å²) >= 11 is 0. The third-order valence-corrected chi connectivity index (χ3v) is 5.35. The number of fused-ring (bicyclic) bond motifs is 1. The molecule has 0 spiro atoms. The number of ether oxygens (including phenoxy) is 1. The number of amides is 1. The zero-order valence-electron chi connectivity index (χ0n) is 18.1. The average molecular weight is 446 g/mol. The van der Waals surface area contributed by atoms with Crippen molar-refractivity contribution in [3.8, 4) is 22.9 Å². The van der Waals surface area contributed by atoms with E-state index in [4.69, 9.17) is 4.74 Å². The number of hydrogen-bond donors (Lipinski definition) is 0. The van der Waals surface area contributed by atoms with Gasteiger partial charge in [-0.3, -0.25) is 9.79 Å². The minimum atomic E-state index is -0.695. The molecule has 3 aromatic rings. The maximum atomic E-state index is 13.7. The van der Waals surface area contributed by atoms with Crippen molar-refractivity contribution in [3.63, 3.8) is 0 Å². The summed E-state index contributed by atoms with van der Waals surface area (Å²) in [6, 6.07) is 10.1. The van der Waals surface area contributed by atoms with Crippen LogP contribution in [0.15, 0.2) is 47.6 Å². The van der Waals surface area contributed by atoms with Crippen LogP contribution in [-0.2, 0) is 13.1 Å². The van der Waals surface area contributed by atoms with Gasteiger partial charge in [0.25, 0.3) is 5.91 Å². The first-order valence-electron chi connectivity index (χ1n) is 10.3. The molecule has 0 saturated heterocycles. The van der Waals surface area contributed by atoms with E-state index >= 15 is 0 Å². The second-order valence-corrected chi connectivity index (χ2v) is 7.57. The lowest BCUT2D eigenvalue weighted by molar-refractivity contribution is 0.0784. The van der Waals surface area contributed by atoms with Crippen LogP contribution in [0.5, 0.6) is 5.75 Å². The van der Waals surface area contributed by atoms with Gasteiger partial charge in [0.1, 0.15) is 29.1 Å². The highest BCUT2D eigenvalue weighted by Crippen LogP contribution is 2.33. The summed E-state index contributed by atoms with van der Waals surface area (Å²) in [5.41, 5.74) is 3.89. The Labute approximate surface area is 189 Å². The number of carbonyl (C=O) groups is 1. The van der Waals surface area contributed by atoms with Crippen LogP contribution in [0.4, 0.5) is 8.78 Å². The molecule has 1 aliphatic rings. The van der Waals surface area contributed by atoms with Crippen molar-refractivity contribution in [3.05, 3.63) is 82.2 Å². The highest BCUT2D eigenvalue weighted by Gasteiger charge is 2.21. The Morgan fingerprint density at radius 2 is 1.97 bits per heavy atom. The average Bonchev–Trinajstić information content (AvgIpc) is 3.29. The first kappa shape index (κ1) is 22.1. The second-order valence-electron chi connectivity index (χ2n) is 7.57. The van der Waals surface area contributed by atoms with Gasteiger partial charge in [-0.2, -0.15) is 5.26 Å². The smallest absolute Gasteiger partial charge is 0.254 e. The van der Waals surface area contributed by atoms with E-state index in [2.05, 4.69) is 16.0 Å². The molecule has 166 valence electrons. The first-order chi connectivity index (χ1) is 15.9. The molecule has 0 saturated carbocycles. The van der Waals surface area contributed by atoms with Gasteiger partial charge < -0.3 is 9.64 Å². The van der Waals surface area contributed by atoms with Crippen molar-refractivity contribution < 1.29 is 18.3 Å². The normalized spacial score (nSPS) is 11.7. The number of pyridine rings is 1. The maximum absolute atomic E-state index is 13.7. The van der Waals surface area contributed by atoms with Crippen molar-refractivity contribution in [2.75, 3.05) is 13.7 Å². The lowest BCUT2D eigenvalue weighted by atomic mass is 10.0. The van der Waals surface area contributed by atoms with Gasteiger partial charge in [0.2, 0.25) is 0 Å². The van der Waals surface area contributed by atoms with Crippen LogP contribution in [-0.4, -0.2) is 35.7 Å². The van der Waals surface area contributed by atoms with Gasteiger partial charge >= 0.3 is 0 Å². The number of halogens is 2. The lowest BCUT2D eigenvalue weighted by Gasteiger charge is -2.20. The fraction of sp³-hybridized carbons (Fsp3) is 0.200. The largest absolute Gasteiger partial charge is 0.493 e. The second kappa shape index (κ2) is 9.17. The van der Waals surface area contributed by atoms with Gasteiger partial charge in [0.05, 0.1) is 13.2 Å². The highest BCUT2D eigenvalue weighted by atomic mass is 19.1. The number of hydrogen-bond acceptors (Lipinski definition) is 5. The molecule has 2 heterocycles. The summed E-state index contributed by atoms with van der Waals surface area (Å²) in [5.74, 6) is -1.29. The Morgan fingerprint density at radius 3 is 2.67 bits per heavy atom. The minimum Gasteiger partial charge on any atom is -0.493 e. The van der Waals surface area contributed by atoms with E-state index in [0.29, 0.717) is 46.8 Å². The molecule has 6 nitrogen and oxygen atoms in total. The number of carbonyl (C=O) groups excluding carboxylic acids is 1. The Morgan fingerprint density at radius 1 is 1.21 bits per heavy atom. The van der Waals surface area contributed by atoms with E-state index in [1.165, 1.54) is 17.0 Å². The Hall–Kier alpha value is -4.12. The van der Waals surface area contributed by atoms with Crippen molar-refractivity contribution >= 4 is 12.1 Å². The fourth-order valence-corrected chi connectivity index (χ4v) is 3.81. The number of nitriles is 1. The maximum Gasteiger partial charge on any atom is 0.254 e. The Balaban J connectivity index is 1.61. The topological polar surface area (TPSA) is 78.6 Å². The SMILES string of the molecule is CCOc1cc(C(=O)N(C)Cc2cnc(C#N)c3c2CN=C3)ccc1-c1cc(F)cc(F)c1. The fourth-order valence-electron chi connectivity index (χ4n) is 3.81. The van der Waals surface area contributed by atoms with Crippen molar-refractivity contribution in [1.82, 2.24) is 9.88 Å². The third-order valence-electron chi connectivity index (χ3n) is 5.35. The summed E-state index contributed by atoms with van der Waals surface area (Å²) in [4.78, 5) is 23.1. The number of rotatable bonds is 6. The van der Waals surface area contributed by atoms with Crippen molar-refractivity contribution in [1.29, 1.82) is 5.26 Å². The molecule has 1 amide bonds. The molecule has 33 heavy (non-hydrogen) atoms. The molecule has 0 radical (unpaired) electrons. The Kier molecular flexibility index (Phi) is 6.13. The van der Waals surface area contributed by atoms with E-state index in [1.54, 1.807) is 44.6 Å². The van der Waals surface area contributed by atoms with Gasteiger partial charge in [-0.05, 0) is 53.9 Å². The van der Waals surface area contributed by atoms with Crippen molar-refractivity contribution in [2.45, 2.75) is 20.0 Å². The van der Waals surface area contributed by atoms with Crippen LogP contribution in [0.1, 0.15) is 39.7 Å². The van der Waals surface area contributed by atoms with Crippen LogP contribution >= 0.6 is 0 Å². The molecule has 0 aliphatic carbocycles.